The van der Waals surface area contributed by atoms with Gasteiger partial charge in [-0.05, 0) is 17.0 Å². The smallest absolute Gasteiger partial charge is 0.257 e. The molecule has 0 radical (unpaired) electrons. The van der Waals surface area contributed by atoms with Gasteiger partial charge >= 0.3 is 0 Å². The molecular formula is C17H29ClN2O3. The summed E-state index contributed by atoms with van der Waals surface area (Å²) in [6.07, 6.45) is 0. The average Bonchev–Trinajstić information content (AvgIpc) is 2.48. The zero-order valence-corrected chi connectivity index (χ0v) is 15.3. The molecule has 0 aliphatic heterocycles. The van der Waals surface area contributed by atoms with E-state index in [4.69, 9.17) is 9.47 Å². The highest BCUT2D eigenvalue weighted by molar-refractivity contribution is 5.85. The van der Waals surface area contributed by atoms with Crippen LogP contribution in [-0.4, -0.2) is 45.9 Å². The van der Waals surface area contributed by atoms with Crippen molar-refractivity contribution in [1.29, 1.82) is 0 Å². The molecule has 132 valence electrons. The lowest BCUT2D eigenvalue weighted by Gasteiger charge is -2.22. The number of carbonyl (C=O) groups excluding carboxylic acids is 1. The summed E-state index contributed by atoms with van der Waals surface area (Å²) in [4.78, 5) is 11.8. The first-order chi connectivity index (χ1) is 10.4. The number of para-hydroxylation sites is 1. The van der Waals surface area contributed by atoms with E-state index in [9.17, 15) is 4.79 Å². The second-order valence-electron chi connectivity index (χ2n) is 6.13. The Morgan fingerprint density at radius 2 is 1.83 bits per heavy atom. The Kier molecular flexibility index (Phi) is 10.6. The Balaban J connectivity index is 0.00000484. The minimum absolute atomic E-state index is 0. The number of carbonyl (C=O) groups is 1. The molecule has 0 aromatic heterocycles. The van der Waals surface area contributed by atoms with Crippen molar-refractivity contribution in [2.24, 2.45) is 0 Å². The van der Waals surface area contributed by atoms with Crippen molar-refractivity contribution >= 4 is 18.3 Å². The standard InChI is InChI=1S/C17H28N2O3.ClH/c1-17(2,3)14-7-5-6-8-15(14)22-13-16(20)19-10-9-18-11-12-21-4;/h5-8,18H,9-13H2,1-4H3,(H,19,20);1H. The number of hydrogen-bond acceptors (Lipinski definition) is 4. The van der Waals surface area contributed by atoms with E-state index in [1.807, 2.05) is 24.3 Å². The molecule has 0 aliphatic rings. The van der Waals surface area contributed by atoms with E-state index in [-0.39, 0.29) is 30.3 Å². The maximum absolute atomic E-state index is 11.8. The normalized spacial score (nSPS) is 10.8. The molecule has 1 aromatic carbocycles. The second-order valence-corrected chi connectivity index (χ2v) is 6.13. The summed E-state index contributed by atoms with van der Waals surface area (Å²) in [5.41, 5.74) is 1.09. The van der Waals surface area contributed by atoms with Crippen LogP contribution in [0.3, 0.4) is 0 Å². The predicted octanol–water partition coefficient (Wildman–Crippen LogP) is 2.14. The molecule has 0 unspecified atom stereocenters. The highest BCUT2D eigenvalue weighted by Gasteiger charge is 2.18. The zero-order valence-electron chi connectivity index (χ0n) is 14.5. The highest BCUT2D eigenvalue weighted by atomic mass is 35.5. The number of hydrogen-bond donors (Lipinski definition) is 2. The molecule has 2 N–H and O–H groups in total. The maximum atomic E-state index is 11.8. The van der Waals surface area contributed by atoms with Gasteiger partial charge in [-0.3, -0.25) is 4.79 Å². The van der Waals surface area contributed by atoms with E-state index in [0.717, 1.165) is 17.9 Å². The highest BCUT2D eigenvalue weighted by Crippen LogP contribution is 2.30. The lowest BCUT2D eigenvalue weighted by molar-refractivity contribution is -0.123. The number of halogens is 1. The summed E-state index contributed by atoms with van der Waals surface area (Å²) in [5, 5.41) is 5.98. The number of methoxy groups -OCH3 is 1. The second kappa shape index (κ2) is 11.3. The number of benzene rings is 1. The molecule has 5 nitrogen and oxygen atoms in total. The third-order valence-electron chi connectivity index (χ3n) is 3.16. The van der Waals surface area contributed by atoms with E-state index in [1.165, 1.54) is 0 Å². The van der Waals surface area contributed by atoms with Gasteiger partial charge < -0.3 is 20.1 Å². The quantitative estimate of drug-likeness (QED) is 0.674. The van der Waals surface area contributed by atoms with Crippen molar-refractivity contribution in [3.63, 3.8) is 0 Å². The summed E-state index contributed by atoms with van der Waals surface area (Å²) in [6, 6.07) is 7.84. The molecule has 23 heavy (non-hydrogen) atoms. The Hall–Kier alpha value is -1.30. The number of nitrogens with one attached hydrogen (secondary N) is 2. The molecule has 0 saturated carbocycles. The third-order valence-corrected chi connectivity index (χ3v) is 3.16. The van der Waals surface area contributed by atoms with Gasteiger partial charge in [0.25, 0.3) is 5.91 Å². The lowest BCUT2D eigenvalue weighted by Crippen LogP contribution is -2.35. The molecule has 6 heteroatoms. The van der Waals surface area contributed by atoms with E-state index in [0.29, 0.717) is 19.7 Å². The number of rotatable bonds is 9. The largest absolute Gasteiger partial charge is 0.483 e. The summed E-state index contributed by atoms with van der Waals surface area (Å²) in [7, 11) is 1.66. The van der Waals surface area contributed by atoms with Gasteiger partial charge in [-0.15, -0.1) is 12.4 Å². The van der Waals surface area contributed by atoms with Crippen LogP contribution in [0.5, 0.6) is 5.75 Å². The molecule has 0 bridgehead atoms. The van der Waals surface area contributed by atoms with E-state index in [1.54, 1.807) is 7.11 Å². The van der Waals surface area contributed by atoms with Gasteiger partial charge in [0.15, 0.2) is 6.61 Å². The predicted molar refractivity (Wildman–Crippen MR) is 95.6 cm³/mol. The number of amides is 1. The first kappa shape index (κ1) is 21.7. The van der Waals surface area contributed by atoms with Crippen LogP contribution in [0.4, 0.5) is 0 Å². The monoisotopic (exact) mass is 344 g/mol. The molecule has 0 atom stereocenters. The van der Waals surface area contributed by atoms with Gasteiger partial charge in [0.2, 0.25) is 0 Å². The van der Waals surface area contributed by atoms with Crippen molar-refractivity contribution in [2.75, 3.05) is 40.0 Å². The van der Waals surface area contributed by atoms with Crippen LogP contribution in [0.25, 0.3) is 0 Å². The fraction of sp³-hybridized carbons (Fsp3) is 0.588. The van der Waals surface area contributed by atoms with Crippen LogP contribution in [0.15, 0.2) is 24.3 Å². The lowest BCUT2D eigenvalue weighted by atomic mass is 9.86. The van der Waals surface area contributed by atoms with Crippen LogP contribution >= 0.6 is 12.4 Å². The molecule has 0 saturated heterocycles. The Labute approximate surface area is 145 Å². The first-order valence-corrected chi connectivity index (χ1v) is 7.64. The maximum Gasteiger partial charge on any atom is 0.257 e. The molecule has 0 aliphatic carbocycles. The van der Waals surface area contributed by atoms with Crippen molar-refractivity contribution in [1.82, 2.24) is 10.6 Å². The van der Waals surface area contributed by atoms with E-state index < -0.39 is 0 Å². The van der Waals surface area contributed by atoms with E-state index in [2.05, 4.69) is 31.4 Å². The van der Waals surface area contributed by atoms with Crippen molar-refractivity contribution in [2.45, 2.75) is 26.2 Å². The number of ether oxygens (including phenoxy) is 2. The van der Waals surface area contributed by atoms with Gasteiger partial charge in [-0.2, -0.15) is 0 Å². The minimum atomic E-state index is -0.114. The first-order valence-electron chi connectivity index (χ1n) is 7.64. The van der Waals surface area contributed by atoms with Crippen molar-refractivity contribution < 1.29 is 14.3 Å². The SMILES string of the molecule is COCCNCCNC(=O)COc1ccccc1C(C)(C)C.Cl. The van der Waals surface area contributed by atoms with Gasteiger partial charge in [0, 0.05) is 26.7 Å². The minimum Gasteiger partial charge on any atom is -0.483 e. The third kappa shape index (κ3) is 8.79. The van der Waals surface area contributed by atoms with Crippen LogP contribution in [0.2, 0.25) is 0 Å². The molecule has 0 heterocycles. The fourth-order valence-electron chi connectivity index (χ4n) is 2.00. The van der Waals surface area contributed by atoms with Crippen LogP contribution in [-0.2, 0) is 14.9 Å². The Bertz CT molecular complexity index is 461. The summed E-state index contributed by atoms with van der Waals surface area (Å²) in [6.45, 7) is 9.15. The van der Waals surface area contributed by atoms with Gasteiger partial charge in [0.1, 0.15) is 5.75 Å². The molecule has 1 rings (SSSR count). The fourth-order valence-corrected chi connectivity index (χ4v) is 2.00. The molecule has 1 aromatic rings. The van der Waals surface area contributed by atoms with Crippen LogP contribution in [0.1, 0.15) is 26.3 Å². The van der Waals surface area contributed by atoms with Crippen LogP contribution < -0.4 is 15.4 Å². The van der Waals surface area contributed by atoms with E-state index >= 15 is 0 Å². The van der Waals surface area contributed by atoms with Gasteiger partial charge in [-0.1, -0.05) is 39.0 Å². The van der Waals surface area contributed by atoms with Crippen LogP contribution in [0, 0.1) is 0 Å². The van der Waals surface area contributed by atoms with Gasteiger partial charge in [-0.25, -0.2) is 0 Å². The Morgan fingerprint density at radius 1 is 1.13 bits per heavy atom. The topological polar surface area (TPSA) is 59.6 Å². The molecule has 0 spiro atoms. The molecular weight excluding hydrogens is 316 g/mol. The summed E-state index contributed by atoms with van der Waals surface area (Å²) < 4.78 is 10.6. The Morgan fingerprint density at radius 3 is 2.48 bits per heavy atom. The van der Waals surface area contributed by atoms with Crippen molar-refractivity contribution in [3.05, 3.63) is 29.8 Å². The average molecular weight is 345 g/mol. The van der Waals surface area contributed by atoms with Gasteiger partial charge in [0.05, 0.1) is 6.61 Å². The molecule has 1 amide bonds. The molecule has 0 fully saturated rings. The summed E-state index contributed by atoms with van der Waals surface area (Å²) in [5.74, 6) is 0.653. The summed E-state index contributed by atoms with van der Waals surface area (Å²) >= 11 is 0. The van der Waals surface area contributed by atoms with Crippen molar-refractivity contribution in [3.8, 4) is 5.75 Å². The zero-order chi connectivity index (χ0) is 16.4.